The first-order chi connectivity index (χ1) is 8.62. The molecule has 1 atom stereocenters. The molecule has 0 aromatic heterocycles. The van der Waals surface area contributed by atoms with Gasteiger partial charge in [-0.3, -0.25) is 11.3 Å². The third kappa shape index (κ3) is 3.51. The molecule has 0 aliphatic heterocycles. The predicted molar refractivity (Wildman–Crippen MR) is 69.2 cm³/mol. The van der Waals surface area contributed by atoms with E-state index < -0.39 is 5.92 Å². The molecule has 0 saturated heterocycles. The van der Waals surface area contributed by atoms with Gasteiger partial charge in [-0.1, -0.05) is 18.1 Å². The van der Waals surface area contributed by atoms with Gasteiger partial charge < -0.3 is 0 Å². The Morgan fingerprint density at radius 3 is 2.61 bits per heavy atom. The van der Waals surface area contributed by atoms with Crippen LogP contribution >= 0.6 is 0 Å². The molecule has 1 fully saturated rings. The number of halogens is 2. The first kappa shape index (κ1) is 13.9. The molecule has 3 N–H and O–H groups in total. The number of allylic oxidation sites excluding steroid dienone is 1. The smallest absolute Gasteiger partial charge is 0.248 e. The molecule has 4 heteroatoms. The van der Waals surface area contributed by atoms with Crippen molar-refractivity contribution < 1.29 is 8.78 Å². The summed E-state index contributed by atoms with van der Waals surface area (Å²) in [6.45, 7) is 0. The fraction of sp³-hybridized carbons (Fsp3) is 0.857. The number of hydrogen-bond donors (Lipinski definition) is 2. The maximum Gasteiger partial charge on any atom is 0.248 e. The van der Waals surface area contributed by atoms with Gasteiger partial charge in [0, 0.05) is 18.9 Å². The van der Waals surface area contributed by atoms with Crippen LogP contribution in [-0.4, -0.2) is 12.0 Å². The number of hydrazine groups is 1. The predicted octanol–water partition coefficient (Wildman–Crippen LogP) is 3.53. The van der Waals surface area contributed by atoms with E-state index in [2.05, 4.69) is 11.5 Å². The normalized spacial score (nSPS) is 27.4. The second-order valence-corrected chi connectivity index (χ2v) is 5.72. The van der Waals surface area contributed by atoms with Crippen molar-refractivity contribution in [2.24, 2.45) is 11.8 Å². The molecule has 0 bridgehead atoms. The second kappa shape index (κ2) is 6.11. The molecular formula is C14H24F2N2. The summed E-state index contributed by atoms with van der Waals surface area (Å²) in [6.07, 6.45) is 9.36. The molecule has 1 unspecified atom stereocenters. The van der Waals surface area contributed by atoms with Crippen LogP contribution in [-0.2, 0) is 0 Å². The molecule has 104 valence electrons. The number of hydrogen-bond acceptors (Lipinski definition) is 2. The first-order valence-electron chi connectivity index (χ1n) is 7.15. The summed E-state index contributed by atoms with van der Waals surface area (Å²) < 4.78 is 26.4. The van der Waals surface area contributed by atoms with E-state index in [9.17, 15) is 8.78 Å². The molecule has 2 aliphatic carbocycles. The fourth-order valence-corrected chi connectivity index (χ4v) is 3.26. The third-order valence-corrected chi connectivity index (χ3v) is 4.39. The Morgan fingerprint density at radius 1 is 1.22 bits per heavy atom. The van der Waals surface area contributed by atoms with Crippen molar-refractivity contribution in [3.05, 3.63) is 11.6 Å². The Balaban J connectivity index is 1.98. The Kier molecular flexibility index (Phi) is 4.73. The lowest BCUT2D eigenvalue weighted by Gasteiger charge is -2.34. The lowest BCUT2D eigenvalue weighted by Crippen LogP contribution is -2.44. The van der Waals surface area contributed by atoms with Gasteiger partial charge in [-0.15, -0.1) is 0 Å². The van der Waals surface area contributed by atoms with E-state index in [-0.39, 0.29) is 24.8 Å². The number of nitrogens with two attached hydrogens (primary N) is 1. The van der Waals surface area contributed by atoms with Crippen molar-refractivity contribution in [2.75, 3.05) is 0 Å². The summed E-state index contributed by atoms with van der Waals surface area (Å²) >= 11 is 0. The van der Waals surface area contributed by atoms with E-state index in [0.29, 0.717) is 12.8 Å². The molecule has 1 saturated carbocycles. The van der Waals surface area contributed by atoms with Gasteiger partial charge in [-0.05, 0) is 44.4 Å². The van der Waals surface area contributed by atoms with E-state index in [1.807, 2.05) is 0 Å². The van der Waals surface area contributed by atoms with Crippen LogP contribution in [0.25, 0.3) is 0 Å². The summed E-state index contributed by atoms with van der Waals surface area (Å²) in [6, 6.07) is 0.110. The van der Waals surface area contributed by atoms with Gasteiger partial charge in [-0.25, -0.2) is 8.78 Å². The summed E-state index contributed by atoms with van der Waals surface area (Å²) in [5, 5.41) is 0. The van der Waals surface area contributed by atoms with Crippen molar-refractivity contribution >= 4 is 0 Å². The molecule has 0 aromatic carbocycles. The van der Waals surface area contributed by atoms with Crippen LogP contribution < -0.4 is 11.3 Å². The van der Waals surface area contributed by atoms with Gasteiger partial charge in [0.1, 0.15) is 0 Å². The van der Waals surface area contributed by atoms with Crippen molar-refractivity contribution in [2.45, 2.75) is 69.8 Å². The van der Waals surface area contributed by atoms with Crippen molar-refractivity contribution in [1.29, 1.82) is 0 Å². The van der Waals surface area contributed by atoms with Gasteiger partial charge in [-0.2, -0.15) is 0 Å². The Morgan fingerprint density at radius 2 is 1.94 bits per heavy atom. The highest BCUT2D eigenvalue weighted by molar-refractivity contribution is 5.14. The lowest BCUT2D eigenvalue weighted by atomic mass is 9.79. The molecule has 0 radical (unpaired) electrons. The number of nitrogens with one attached hydrogen (secondary N) is 1. The van der Waals surface area contributed by atoms with E-state index in [1.54, 1.807) is 0 Å². The molecule has 2 aliphatic rings. The van der Waals surface area contributed by atoms with Crippen LogP contribution in [0.15, 0.2) is 11.6 Å². The first-order valence-corrected chi connectivity index (χ1v) is 7.15. The Labute approximate surface area is 108 Å². The zero-order valence-corrected chi connectivity index (χ0v) is 10.9. The fourth-order valence-electron chi connectivity index (χ4n) is 3.26. The van der Waals surface area contributed by atoms with Crippen LogP contribution in [0.2, 0.25) is 0 Å². The van der Waals surface area contributed by atoms with E-state index in [0.717, 1.165) is 12.8 Å². The van der Waals surface area contributed by atoms with Crippen LogP contribution in [0.1, 0.15) is 57.8 Å². The lowest BCUT2D eigenvalue weighted by molar-refractivity contribution is -0.0483. The van der Waals surface area contributed by atoms with Gasteiger partial charge in [0.15, 0.2) is 0 Å². The highest BCUT2D eigenvalue weighted by atomic mass is 19.3. The van der Waals surface area contributed by atoms with Crippen LogP contribution in [0.3, 0.4) is 0 Å². The van der Waals surface area contributed by atoms with E-state index >= 15 is 0 Å². The van der Waals surface area contributed by atoms with Crippen molar-refractivity contribution in [3.8, 4) is 0 Å². The van der Waals surface area contributed by atoms with Crippen LogP contribution in [0.4, 0.5) is 8.78 Å². The summed E-state index contributed by atoms with van der Waals surface area (Å²) in [4.78, 5) is 0. The van der Waals surface area contributed by atoms with Gasteiger partial charge in [0.25, 0.3) is 0 Å². The molecule has 0 heterocycles. The third-order valence-electron chi connectivity index (χ3n) is 4.39. The van der Waals surface area contributed by atoms with Crippen LogP contribution in [0.5, 0.6) is 0 Å². The molecule has 0 amide bonds. The van der Waals surface area contributed by atoms with Crippen LogP contribution in [0, 0.1) is 5.92 Å². The number of rotatable bonds is 3. The largest absolute Gasteiger partial charge is 0.271 e. The minimum atomic E-state index is -2.45. The highest BCUT2D eigenvalue weighted by Crippen LogP contribution is 2.39. The van der Waals surface area contributed by atoms with Crippen molar-refractivity contribution in [1.82, 2.24) is 5.43 Å². The summed E-state index contributed by atoms with van der Waals surface area (Å²) in [5.41, 5.74) is 4.24. The van der Waals surface area contributed by atoms with Gasteiger partial charge in [0.05, 0.1) is 0 Å². The number of alkyl halides is 2. The maximum absolute atomic E-state index is 13.2. The average molecular weight is 258 g/mol. The highest BCUT2D eigenvalue weighted by Gasteiger charge is 2.38. The Bertz CT molecular complexity index is 292. The van der Waals surface area contributed by atoms with Gasteiger partial charge in [0.2, 0.25) is 5.92 Å². The minimum Gasteiger partial charge on any atom is -0.271 e. The summed E-state index contributed by atoms with van der Waals surface area (Å²) in [7, 11) is 0. The van der Waals surface area contributed by atoms with Gasteiger partial charge >= 0.3 is 0 Å². The molecule has 2 nitrogen and oxygen atoms in total. The molecule has 18 heavy (non-hydrogen) atoms. The second-order valence-electron chi connectivity index (χ2n) is 5.72. The monoisotopic (exact) mass is 258 g/mol. The SMILES string of the molecule is NNC(C1=CCCCCC1)C1CCC(F)(F)CC1. The molecule has 0 spiro atoms. The zero-order chi connectivity index (χ0) is 13.0. The van der Waals surface area contributed by atoms with E-state index in [1.165, 1.54) is 24.8 Å². The standard InChI is InChI=1S/C14H24F2N2/c15-14(16)9-7-12(8-10-14)13(18-17)11-5-3-1-2-4-6-11/h5,12-13,18H,1-4,6-10,17H2. The van der Waals surface area contributed by atoms with Crippen molar-refractivity contribution in [3.63, 3.8) is 0 Å². The molecule has 0 aromatic rings. The summed E-state index contributed by atoms with van der Waals surface area (Å²) in [5.74, 6) is 3.50. The molecule has 2 rings (SSSR count). The van der Waals surface area contributed by atoms with E-state index in [4.69, 9.17) is 5.84 Å². The minimum absolute atomic E-state index is 0.0170. The Hall–Kier alpha value is -0.480. The average Bonchev–Trinajstić information content (AvgIpc) is 2.61. The topological polar surface area (TPSA) is 38.0 Å². The maximum atomic E-state index is 13.2. The quantitative estimate of drug-likeness (QED) is 0.461. The zero-order valence-electron chi connectivity index (χ0n) is 10.9. The molecular weight excluding hydrogens is 234 g/mol.